The molecule has 0 atom stereocenters. The van der Waals surface area contributed by atoms with E-state index in [9.17, 15) is 14.4 Å². The molecule has 5 nitrogen and oxygen atoms in total. The molecular weight excluding hydrogens is 448 g/mol. The number of Topliss-reactive ketones (excluding diaryl/α,β-unsaturated/α-hetero) is 2. The predicted octanol–water partition coefficient (Wildman–Crippen LogP) is 6.14. The Morgan fingerprint density at radius 2 is 1.67 bits per heavy atom. The van der Waals surface area contributed by atoms with Crippen LogP contribution in [0, 0.1) is 20.8 Å². The molecule has 1 heterocycles. The summed E-state index contributed by atoms with van der Waals surface area (Å²) in [6.07, 6.45) is 0.0893. The van der Waals surface area contributed by atoms with Crippen LogP contribution in [0.4, 0.5) is 0 Å². The lowest BCUT2D eigenvalue weighted by atomic mass is 10.0. The summed E-state index contributed by atoms with van der Waals surface area (Å²) in [5, 5.41) is 0.930. The lowest BCUT2D eigenvalue weighted by Crippen LogP contribution is -2.08. The van der Waals surface area contributed by atoms with E-state index in [0.29, 0.717) is 21.2 Å². The van der Waals surface area contributed by atoms with Crippen LogP contribution >= 0.6 is 15.9 Å². The minimum atomic E-state index is -0.446. The topological polar surface area (TPSA) is 73.6 Å². The van der Waals surface area contributed by atoms with Gasteiger partial charge in [-0.1, -0.05) is 22.0 Å². The van der Waals surface area contributed by atoms with Gasteiger partial charge in [-0.25, -0.2) is 4.79 Å². The second-order valence-electron chi connectivity index (χ2n) is 7.25. The van der Waals surface area contributed by atoms with Gasteiger partial charge in [-0.3, -0.25) is 9.59 Å². The molecular formula is C24H23BrO5. The first kappa shape index (κ1) is 22.0. The van der Waals surface area contributed by atoms with Crippen molar-refractivity contribution in [1.29, 1.82) is 0 Å². The summed E-state index contributed by atoms with van der Waals surface area (Å²) >= 11 is 3.33. The van der Waals surface area contributed by atoms with Crippen molar-refractivity contribution in [2.75, 3.05) is 6.61 Å². The van der Waals surface area contributed by atoms with Crippen molar-refractivity contribution in [3.05, 3.63) is 68.4 Å². The molecule has 1 aromatic heterocycles. The molecule has 0 radical (unpaired) electrons. The van der Waals surface area contributed by atoms with Gasteiger partial charge in [0.1, 0.15) is 5.58 Å². The molecule has 0 aliphatic carbocycles. The summed E-state index contributed by atoms with van der Waals surface area (Å²) in [5.41, 5.74) is 4.70. The molecule has 0 fully saturated rings. The Labute approximate surface area is 183 Å². The minimum Gasteiger partial charge on any atom is -0.462 e. The first-order chi connectivity index (χ1) is 14.2. The van der Waals surface area contributed by atoms with Crippen LogP contribution in [-0.2, 0) is 4.74 Å². The van der Waals surface area contributed by atoms with E-state index in [-0.39, 0.29) is 36.8 Å². The smallest absolute Gasteiger partial charge is 0.338 e. The van der Waals surface area contributed by atoms with Gasteiger partial charge >= 0.3 is 5.97 Å². The average Bonchev–Trinajstić information content (AvgIpc) is 3.16. The molecule has 156 valence electrons. The number of rotatable bonds is 7. The molecule has 0 aliphatic rings. The highest BCUT2D eigenvalue weighted by Gasteiger charge is 2.19. The summed E-state index contributed by atoms with van der Waals surface area (Å²) in [7, 11) is 0. The molecule has 0 N–H and O–H groups in total. The summed E-state index contributed by atoms with van der Waals surface area (Å²) in [6.45, 7) is 7.99. The monoisotopic (exact) mass is 470 g/mol. The van der Waals surface area contributed by atoms with Crippen molar-refractivity contribution in [2.24, 2.45) is 0 Å². The fraction of sp³-hybridized carbons (Fsp3) is 0.292. The maximum Gasteiger partial charge on any atom is 0.338 e. The molecule has 0 unspecified atom stereocenters. The Balaban J connectivity index is 1.73. The van der Waals surface area contributed by atoms with E-state index in [4.69, 9.17) is 9.15 Å². The van der Waals surface area contributed by atoms with E-state index in [1.54, 1.807) is 31.2 Å². The van der Waals surface area contributed by atoms with E-state index in [1.807, 2.05) is 26.8 Å². The molecule has 3 rings (SSSR count). The maximum absolute atomic E-state index is 12.6. The number of halogens is 1. The number of ether oxygens (including phenoxy) is 1. The van der Waals surface area contributed by atoms with E-state index in [2.05, 4.69) is 15.9 Å². The number of esters is 1. The number of benzene rings is 2. The van der Waals surface area contributed by atoms with E-state index in [0.717, 1.165) is 22.1 Å². The molecule has 3 aromatic rings. The zero-order valence-corrected chi connectivity index (χ0v) is 19.0. The zero-order valence-electron chi connectivity index (χ0n) is 17.4. The number of carbonyl (C=O) groups excluding carboxylic acids is 3. The normalized spacial score (nSPS) is 11.0. The second-order valence-corrected chi connectivity index (χ2v) is 8.10. The fourth-order valence-electron chi connectivity index (χ4n) is 3.38. The first-order valence-corrected chi connectivity index (χ1v) is 10.6. The number of furan rings is 1. The zero-order chi connectivity index (χ0) is 22.0. The molecule has 0 saturated carbocycles. The maximum atomic E-state index is 12.6. The highest BCUT2D eigenvalue weighted by Crippen LogP contribution is 2.29. The van der Waals surface area contributed by atoms with Gasteiger partial charge in [0.05, 0.1) is 12.2 Å². The standard InChI is InChI=1S/C24H23BrO5/c1-5-29-24(28)16-6-7-17(19(25)11-16)20(26)8-9-21(27)22-12-18-15(4)13(2)10-14(3)23(18)30-22/h6-7,10-12H,5,8-9H2,1-4H3. The van der Waals surface area contributed by atoms with Crippen LogP contribution in [-0.4, -0.2) is 24.1 Å². The Morgan fingerprint density at radius 1 is 0.967 bits per heavy atom. The van der Waals surface area contributed by atoms with Crippen LogP contribution < -0.4 is 0 Å². The highest BCUT2D eigenvalue weighted by molar-refractivity contribution is 9.10. The fourth-order valence-corrected chi connectivity index (χ4v) is 3.98. The molecule has 30 heavy (non-hydrogen) atoms. The molecule has 0 amide bonds. The Kier molecular flexibility index (Phi) is 6.56. The largest absolute Gasteiger partial charge is 0.462 e. The van der Waals surface area contributed by atoms with Gasteiger partial charge in [0.15, 0.2) is 17.3 Å². The molecule has 0 bridgehead atoms. The van der Waals surface area contributed by atoms with Crippen LogP contribution in [0.15, 0.2) is 39.2 Å². The van der Waals surface area contributed by atoms with Crippen molar-refractivity contribution in [3.63, 3.8) is 0 Å². The Bertz CT molecular complexity index is 1160. The third-order valence-corrected chi connectivity index (χ3v) is 5.81. The van der Waals surface area contributed by atoms with E-state index < -0.39 is 5.97 Å². The number of ketones is 2. The van der Waals surface area contributed by atoms with Gasteiger partial charge in [0, 0.05) is 28.3 Å². The number of hydrogen-bond acceptors (Lipinski definition) is 5. The minimum absolute atomic E-state index is 0.0435. The molecule has 0 saturated heterocycles. The number of hydrogen-bond donors (Lipinski definition) is 0. The average molecular weight is 471 g/mol. The quantitative estimate of drug-likeness (QED) is 0.306. The van der Waals surface area contributed by atoms with Crippen LogP contribution in [0.1, 0.15) is 67.7 Å². The summed E-state index contributed by atoms with van der Waals surface area (Å²) in [4.78, 5) is 37.1. The van der Waals surface area contributed by atoms with Crippen molar-refractivity contribution < 1.29 is 23.5 Å². The third kappa shape index (κ3) is 4.38. The summed E-state index contributed by atoms with van der Waals surface area (Å²) in [5.74, 6) is -0.579. The van der Waals surface area contributed by atoms with Gasteiger partial charge in [-0.05, 0) is 68.7 Å². The van der Waals surface area contributed by atoms with Crippen LogP contribution in [0.3, 0.4) is 0 Å². The number of aryl methyl sites for hydroxylation is 3. The second kappa shape index (κ2) is 8.96. The first-order valence-electron chi connectivity index (χ1n) is 9.76. The number of carbonyl (C=O) groups is 3. The number of fused-ring (bicyclic) bond motifs is 1. The van der Waals surface area contributed by atoms with Gasteiger partial charge in [0.2, 0.25) is 0 Å². The predicted molar refractivity (Wildman–Crippen MR) is 118 cm³/mol. The van der Waals surface area contributed by atoms with Crippen molar-refractivity contribution in [1.82, 2.24) is 0 Å². The Morgan fingerprint density at radius 3 is 2.33 bits per heavy atom. The summed E-state index contributed by atoms with van der Waals surface area (Å²) < 4.78 is 11.3. The van der Waals surface area contributed by atoms with Crippen LogP contribution in [0.2, 0.25) is 0 Å². The lowest BCUT2D eigenvalue weighted by Gasteiger charge is -2.06. The van der Waals surface area contributed by atoms with Crippen LogP contribution in [0.25, 0.3) is 11.0 Å². The highest BCUT2D eigenvalue weighted by atomic mass is 79.9. The van der Waals surface area contributed by atoms with Crippen molar-refractivity contribution in [3.8, 4) is 0 Å². The van der Waals surface area contributed by atoms with Gasteiger partial charge in [-0.15, -0.1) is 0 Å². The molecule has 0 spiro atoms. The molecule has 0 aliphatic heterocycles. The van der Waals surface area contributed by atoms with Crippen molar-refractivity contribution >= 4 is 44.4 Å². The van der Waals surface area contributed by atoms with E-state index in [1.165, 1.54) is 0 Å². The molecule has 2 aromatic carbocycles. The molecule has 6 heteroatoms. The van der Waals surface area contributed by atoms with E-state index >= 15 is 0 Å². The van der Waals surface area contributed by atoms with Crippen LogP contribution in [0.5, 0.6) is 0 Å². The summed E-state index contributed by atoms with van der Waals surface area (Å²) in [6, 6.07) is 8.48. The third-order valence-electron chi connectivity index (χ3n) is 5.15. The Hall–Kier alpha value is -2.73. The van der Waals surface area contributed by atoms with Crippen molar-refractivity contribution in [2.45, 2.75) is 40.5 Å². The van der Waals surface area contributed by atoms with Gasteiger partial charge in [0.25, 0.3) is 0 Å². The van der Waals surface area contributed by atoms with Gasteiger partial charge in [-0.2, -0.15) is 0 Å². The van der Waals surface area contributed by atoms with Gasteiger partial charge < -0.3 is 9.15 Å². The SMILES string of the molecule is CCOC(=O)c1ccc(C(=O)CCC(=O)c2cc3c(C)c(C)cc(C)c3o2)c(Br)c1. The lowest BCUT2D eigenvalue weighted by molar-refractivity contribution is 0.0526.